The van der Waals surface area contributed by atoms with Crippen LogP contribution in [0, 0.1) is 0 Å². The van der Waals surface area contributed by atoms with E-state index in [-0.39, 0.29) is 0 Å². The standard InChI is InChI=1S/C10H8BrNS2/c11-8-3-1-7(2-4-8)10-12-9(5-13)6-14-10/h1-4,6,13H,5H2. The first kappa shape index (κ1) is 10.2. The number of hydrogen-bond donors (Lipinski definition) is 1. The van der Waals surface area contributed by atoms with Gasteiger partial charge < -0.3 is 0 Å². The zero-order valence-electron chi connectivity index (χ0n) is 7.27. The van der Waals surface area contributed by atoms with Crippen molar-refractivity contribution in [1.29, 1.82) is 0 Å². The molecule has 1 aromatic heterocycles. The minimum atomic E-state index is 0.701. The highest BCUT2D eigenvalue weighted by Gasteiger charge is 2.02. The average Bonchev–Trinajstić information content (AvgIpc) is 2.67. The Bertz CT molecular complexity index is 422. The maximum absolute atomic E-state index is 4.46. The first-order valence-electron chi connectivity index (χ1n) is 4.11. The van der Waals surface area contributed by atoms with E-state index in [0.29, 0.717) is 5.75 Å². The molecule has 0 aliphatic rings. The molecule has 4 heteroatoms. The van der Waals surface area contributed by atoms with Crippen molar-refractivity contribution in [3.8, 4) is 10.6 Å². The highest BCUT2D eigenvalue weighted by molar-refractivity contribution is 9.10. The Morgan fingerprint density at radius 1 is 1.29 bits per heavy atom. The highest BCUT2D eigenvalue weighted by Crippen LogP contribution is 2.25. The summed E-state index contributed by atoms with van der Waals surface area (Å²) in [7, 11) is 0. The Hall–Kier alpha value is -0.320. The zero-order valence-corrected chi connectivity index (χ0v) is 10.6. The van der Waals surface area contributed by atoms with Crippen molar-refractivity contribution < 1.29 is 0 Å². The first-order valence-corrected chi connectivity index (χ1v) is 6.41. The summed E-state index contributed by atoms with van der Waals surface area (Å²) in [5.41, 5.74) is 2.20. The number of nitrogens with zero attached hydrogens (tertiary/aromatic N) is 1. The topological polar surface area (TPSA) is 12.9 Å². The van der Waals surface area contributed by atoms with Crippen molar-refractivity contribution in [2.45, 2.75) is 5.75 Å². The summed E-state index contributed by atoms with van der Waals surface area (Å²) in [4.78, 5) is 4.46. The van der Waals surface area contributed by atoms with Crippen LogP contribution in [0.2, 0.25) is 0 Å². The molecule has 0 amide bonds. The maximum atomic E-state index is 4.46. The summed E-state index contributed by atoms with van der Waals surface area (Å²) < 4.78 is 1.09. The van der Waals surface area contributed by atoms with E-state index in [1.807, 2.05) is 17.5 Å². The van der Waals surface area contributed by atoms with E-state index in [4.69, 9.17) is 0 Å². The lowest BCUT2D eigenvalue weighted by Crippen LogP contribution is -1.78. The lowest BCUT2D eigenvalue weighted by molar-refractivity contribution is 1.24. The second-order valence-electron chi connectivity index (χ2n) is 2.81. The lowest BCUT2D eigenvalue weighted by atomic mass is 10.2. The fourth-order valence-corrected chi connectivity index (χ4v) is 2.48. The molecule has 0 saturated heterocycles. The van der Waals surface area contributed by atoms with E-state index in [1.165, 1.54) is 0 Å². The number of rotatable bonds is 2. The molecule has 0 radical (unpaired) electrons. The normalized spacial score (nSPS) is 10.4. The second-order valence-corrected chi connectivity index (χ2v) is 4.90. The van der Waals surface area contributed by atoms with E-state index >= 15 is 0 Å². The molecular weight excluding hydrogens is 278 g/mol. The smallest absolute Gasteiger partial charge is 0.123 e. The predicted molar refractivity (Wildman–Crippen MR) is 67.9 cm³/mol. The Balaban J connectivity index is 2.34. The molecule has 2 rings (SSSR count). The van der Waals surface area contributed by atoms with E-state index in [0.717, 1.165) is 20.7 Å². The van der Waals surface area contributed by atoms with Crippen LogP contribution in [0.3, 0.4) is 0 Å². The molecule has 1 aromatic carbocycles. The van der Waals surface area contributed by atoms with Crippen LogP contribution in [0.5, 0.6) is 0 Å². The highest BCUT2D eigenvalue weighted by atomic mass is 79.9. The minimum Gasteiger partial charge on any atom is -0.240 e. The Labute approximate surface area is 101 Å². The molecule has 0 fully saturated rings. The maximum Gasteiger partial charge on any atom is 0.123 e. The summed E-state index contributed by atoms with van der Waals surface area (Å²) in [6.45, 7) is 0. The van der Waals surface area contributed by atoms with Crippen molar-refractivity contribution in [3.63, 3.8) is 0 Å². The van der Waals surface area contributed by atoms with Gasteiger partial charge in [0.25, 0.3) is 0 Å². The van der Waals surface area contributed by atoms with Crippen LogP contribution in [-0.4, -0.2) is 4.98 Å². The predicted octanol–water partition coefficient (Wildman–Crippen LogP) is 4.00. The Morgan fingerprint density at radius 3 is 2.57 bits per heavy atom. The van der Waals surface area contributed by atoms with Gasteiger partial charge in [0.05, 0.1) is 5.69 Å². The molecule has 0 unspecified atom stereocenters. The number of thiol groups is 1. The van der Waals surface area contributed by atoms with Gasteiger partial charge in [-0.05, 0) is 12.1 Å². The van der Waals surface area contributed by atoms with E-state index < -0.39 is 0 Å². The first-order chi connectivity index (χ1) is 6.79. The molecule has 0 atom stereocenters. The van der Waals surface area contributed by atoms with E-state index in [1.54, 1.807) is 11.3 Å². The average molecular weight is 286 g/mol. The summed E-state index contributed by atoms with van der Waals surface area (Å²) in [6.07, 6.45) is 0. The SMILES string of the molecule is SCc1csc(-c2ccc(Br)cc2)n1. The van der Waals surface area contributed by atoms with Crippen LogP contribution >= 0.6 is 39.9 Å². The Kier molecular flexibility index (Phi) is 3.26. The van der Waals surface area contributed by atoms with E-state index in [9.17, 15) is 0 Å². The molecule has 0 spiro atoms. The van der Waals surface area contributed by atoms with Gasteiger partial charge in [0, 0.05) is 21.2 Å². The molecule has 0 saturated carbocycles. The quantitative estimate of drug-likeness (QED) is 0.823. The molecular formula is C10H8BrNS2. The molecule has 0 N–H and O–H groups in total. The summed E-state index contributed by atoms with van der Waals surface area (Å²) in [6, 6.07) is 8.17. The fourth-order valence-electron chi connectivity index (χ4n) is 1.10. The third kappa shape index (κ3) is 2.19. The third-order valence-corrected chi connectivity index (χ3v) is 3.60. The number of thiazole rings is 1. The zero-order chi connectivity index (χ0) is 9.97. The van der Waals surface area contributed by atoms with Gasteiger partial charge in [0.2, 0.25) is 0 Å². The summed E-state index contributed by atoms with van der Waals surface area (Å²) in [5.74, 6) is 0.701. The third-order valence-electron chi connectivity index (χ3n) is 1.80. The summed E-state index contributed by atoms with van der Waals surface area (Å²) in [5, 5.41) is 3.10. The monoisotopic (exact) mass is 285 g/mol. The number of aromatic nitrogens is 1. The van der Waals surface area contributed by atoms with Gasteiger partial charge in [-0.2, -0.15) is 12.6 Å². The van der Waals surface area contributed by atoms with Crippen molar-refractivity contribution >= 4 is 39.9 Å². The van der Waals surface area contributed by atoms with Gasteiger partial charge in [-0.15, -0.1) is 11.3 Å². The molecule has 14 heavy (non-hydrogen) atoms. The lowest BCUT2D eigenvalue weighted by Gasteiger charge is -1.95. The van der Waals surface area contributed by atoms with Gasteiger partial charge in [0.15, 0.2) is 0 Å². The molecule has 1 nitrogen and oxygen atoms in total. The van der Waals surface area contributed by atoms with Crippen molar-refractivity contribution in [2.24, 2.45) is 0 Å². The van der Waals surface area contributed by atoms with Crippen LogP contribution in [-0.2, 0) is 5.75 Å². The fraction of sp³-hybridized carbons (Fsp3) is 0.100. The summed E-state index contributed by atoms with van der Waals surface area (Å²) >= 11 is 9.25. The van der Waals surface area contributed by atoms with Crippen LogP contribution in [0.1, 0.15) is 5.69 Å². The van der Waals surface area contributed by atoms with Gasteiger partial charge >= 0.3 is 0 Å². The van der Waals surface area contributed by atoms with Gasteiger partial charge in [-0.1, -0.05) is 28.1 Å². The largest absolute Gasteiger partial charge is 0.240 e. The molecule has 2 aromatic rings. The van der Waals surface area contributed by atoms with Crippen molar-refractivity contribution in [2.75, 3.05) is 0 Å². The Morgan fingerprint density at radius 2 is 2.00 bits per heavy atom. The molecule has 1 heterocycles. The van der Waals surface area contributed by atoms with Crippen molar-refractivity contribution in [1.82, 2.24) is 4.98 Å². The minimum absolute atomic E-state index is 0.701. The number of hydrogen-bond acceptors (Lipinski definition) is 3. The van der Waals surface area contributed by atoms with Crippen LogP contribution in [0.25, 0.3) is 10.6 Å². The molecule has 0 aliphatic carbocycles. The van der Waals surface area contributed by atoms with Gasteiger partial charge in [-0.25, -0.2) is 4.98 Å². The number of halogens is 1. The van der Waals surface area contributed by atoms with Crippen LogP contribution < -0.4 is 0 Å². The van der Waals surface area contributed by atoms with Gasteiger partial charge in [-0.3, -0.25) is 0 Å². The molecule has 0 aliphatic heterocycles. The second kappa shape index (κ2) is 4.47. The number of benzene rings is 1. The molecule has 0 bridgehead atoms. The van der Waals surface area contributed by atoms with E-state index in [2.05, 4.69) is 45.7 Å². The molecule has 72 valence electrons. The van der Waals surface area contributed by atoms with Gasteiger partial charge in [0.1, 0.15) is 5.01 Å². The van der Waals surface area contributed by atoms with Crippen LogP contribution in [0.15, 0.2) is 34.1 Å². The van der Waals surface area contributed by atoms with Crippen LogP contribution in [0.4, 0.5) is 0 Å². The van der Waals surface area contributed by atoms with Crippen molar-refractivity contribution in [3.05, 3.63) is 39.8 Å².